The third-order valence-corrected chi connectivity index (χ3v) is 5.37. The second-order valence-electron chi connectivity index (χ2n) is 7.87. The van der Waals surface area contributed by atoms with Crippen molar-refractivity contribution < 1.29 is 13.9 Å². The third-order valence-electron chi connectivity index (χ3n) is 5.10. The molecule has 0 aliphatic rings. The Kier molecular flexibility index (Phi) is 6.75. The molecule has 0 saturated carbocycles. The van der Waals surface area contributed by atoms with E-state index in [2.05, 4.69) is 16.5 Å². The molecule has 0 atom stereocenters. The molecule has 0 aliphatic carbocycles. The van der Waals surface area contributed by atoms with E-state index in [1.54, 1.807) is 41.2 Å². The molecule has 4 rings (SSSR count). The van der Waals surface area contributed by atoms with Crippen molar-refractivity contribution in [2.45, 2.75) is 27.0 Å². The van der Waals surface area contributed by atoms with Gasteiger partial charge in [-0.3, -0.25) is 9.48 Å². The van der Waals surface area contributed by atoms with E-state index >= 15 is 0 Å². The standard InChI is InChI=1S/C26H23ClFN3O2/c1-17-9-10-24(18(2)11-17)33-16-20-6-3-7-21(12-20)26(32)29-25-23(27)15-31(30-25)14-19-5-4-8-22(28)13-19/h3-13,15H,14,16H2,1-2H3,(H,29,30,32). The lowest BCUT2D eigenvalue weighted by Gasteiger charge is -2.11. The number of halogens is 2. The number of hydrogen-bond acceptors (Lipinski definition) is 3. The molecule has 1 amide bonds. The summed E-state index contributed by atoms with van der Waals surface area (Å²) >= 11 is 6.26. The quantitative estimate of drug-likeness (QED) is 0.356. The van der Waals surface area contributed by atoms with Crippen LogP contribution in [0.15, 0.2) is 72.9 Å². The fourth-order valence-corrected chi connectivity index (χ4v) is 3.69. The van der Waals surface area contributed by atoms with Crippen LogP contribution in [0.5, 0.6) is 5.75 Å². The lowest BCUT2D eigenvalue weighted by Crippen LogP contribution is -2.13. The van der Waals surface area contributed by atoms with Gasteiger partial charge in [0.05, 0.1) is 6.54 Å². The van der Waals surface area contributed by atoms with Crippen LogP contribution in [0.25, 0.3) is 0 Å². The summed E-state index contributed by atoms with van der Waals surface area (Å²) in [6.07, 6.45) is 1.59. The fourth-order valence-electron chi connectivity index (χ4n) is 3.49. The second-order valence-corrected chi connectivity index (χ2v) is 8.27. The number of nitrogens with zero attached hydrogens (tertiary/aromatic N) is 2. The van der Waals surface area contributed by atoms with Crippen molar-refractivity contribution in [1.29, 1.82) is 0 Å². The molecule has 0 bridgehead atoms. The van der Waals surface area contributed by atoms with Gasteiger partial charge in [0, 0.05) is 11.8 Å². The highest BCUT2D eigenvalue weighted by atomic mass is 35.5. The zero-order valence-electron chi connectivity index (χ0n) is 18.3. The Balaban J connectivity index is 1.42. The van der Waals surface area contributed by atoms with Crippen LogP contribution in [0.4, 0.5) is 10.2 Å². The van der Waals surface area contributed by atoms with E-state index in [1.807, 2.05) is 32.0 Å². The number of aryl methyl sites for hydroxylation is 2. The molecule has 1 aromatic heterocycles. The summed E-state index contributed by atoms with van der Waals surface area (Å²) in [4.78, 5) is 12.8. The molecule has 7 heteroatoms. The van der Waals surface area contributed by atoms with Crippen molar-refractivity contribution in [2.75, 3.05) is 5.32 Å². The zero-order valence-corrected chi connectivity index (χ0v) is 19.1. The maximum Gasteiger partial charge on any atom is 0.256 e. The molecule has 0 fully saturated rings. The van der Waals surface area contributed by atoms with Crippen molar-refractivity contribution in [3.8, 4) is 5.75 Å². The first-order valence-corrected chi connectivity index (χ1v) is 10.8. The van der Waals surface area contributed by atoms with Gasteiger partial charge < -0.3 is 10.1 Å². The predicted octanol–water partition coefficient (Wildman–Crippen LogP) is 6.17. The Morgan fingerprint density at radius 3 is 2.64 bits per heavy atom. The summed E-state index contributed by atoms with van der Waals surface area (Å²) in [6, 6.07) is 19.5. The van der Waals surface area contributed by atoms with Gasteiger partial charge in [-0.1, -0.05) is 53.6 Å². The largest absolute Gasteiger partial charge is 0.489 e. The van der Waals surface area contributed by atoms with E-state index in [0.717, 1.165) is 22.4 Å². The van der Waals surface area contributed by atoms with Crippen LogP contribution in [-0.4, -0.2) is 15.7 Å². The lowest BCUT2D eigenvalue weighted by molar-refractivity contribution is 0.102. The molecule has 1 N–H and O–H groups in total. The van der Waals surface area contributed by atoms with E-state index in [9.17, 15) is 9.18 Å². The molecule has 0 unspecified atom stereocenters. The summed E-state index contributed by atoms with van der Waals surface area (Å²) in [7, 11) is 0. The summed E-state index contributed by atoms with van der Waals surface area (Å²) < 4.78 is 20.9. The number of ether oxygens (including phenoxy) is 1. The van der Waals surface area contributed by atoms with Gasteiger partial charge in [0.2, 0.25) is 0 Å². The molecule has 0 saturated heterocycles. The van der Waals surface area contributed by atoms with E-state index in [1.165, 1.54) is 17.7 Å². The Hall–Kier alpha value is -3.64. The first kappa shape index (κ1) is 22.6. The molecular formula is C26H23ClFN3O2. The molecule has 33 heavy (non-hydrogen) atoms. The van der Waals surface area contributed by atoms with Gasteiger partial charge in [-0.05, 0) is 60.9 Å². The lowest BCUT2D eigenvalue weighted by atomic mass is 10.1. The van der Waals surface area contributed by atoms with Crippen LogP contribution in [0.3, 0.4) is 0 Å². The van der Waals surface area contributed by atoms with Gasteiger partial charge in [0.15, 0.2) is 5.82 Å². The van der Waals surface area contributed by atoms with Gasteiger partial charge in [-0.25, -0.2) is 4.39 Å². The smallest absolute Gasteiger partial charge is 0.256 e. The molecule has 4 aromatic rings. The molecule has 1 heterocycles. The van der Waals surface area contributed by atoms with Crippen LogP contribution >= 0.6 is 11.6 Å². The highest BCUT2D eigenvalue weighted by molar-refractivity contribution is 6.33. The first-order chi connectivity index (χ1) is 15.9. The Labute approximate surface area is 196 Å². The Morgan fingerprint density at radius 2 is 1.85 bits per heavy atom. The van der Waals surface area contributed by atoms with E-state index in [4.69, 9.17) is 16.3 Å². The predicted molar refractivity (Wildman–Crippen MR) is 127 cm³/mol. The Bertz CT molecular complexity index is 1300. The summed E-state index contributed by atoms with van der Waals surface area (Å²) in [5, 5.41) is 7.36. The van der Waals surface area contributed by atoms with Crippen LogP contribution < -0.4 is 10.1 Å². The minimum atomic E-state index is -0.332. The van der Waals surface area contributed by atoms with E-state index < -0.39 is 0 Å². The average Bonchev–Trinajstić information content (AvgIpc) is 3.11. The maximum absolute atomic E-state index is 13.4. The number of benzene rings is 3. The summed E-state index contributed by atoms with van der Waals surface area (Å²) in [5.41, 5.74) is 4.31. The fraction of sp³-hybridized carbons (Fsp3) is 0.154. The number of hydrogen-bond donors (Lipinski definition) is 1. The number of amides is 1. The molecule has 5 nitrogen and oxygen atoms in total. The SMILES string of the molecule is Cc1ccc(OCc2cccc(C(=O)Nc3nn(Cc4cccc(F)c4)cc3Cl)c2)c(C)c1. The number of carbonyl (C=O) groups excluding carboxylic acids is 1. The number of anilines is 1. The zero-order chi connectivity index (χ0) is 23.4. The highest BCUT2D eigenvalue weighted by Crippen LogP contribution is 2.22. The van der Waals surface area contributed by atoms with Gasteiger partial charge in [-0.15, -0.1) is 0 Å². The van der Waals surface area contributed by atoms with Crippen molar-refractivity contribution in [3.63, 3.8) is 0 Å². The highest BCUT2D eigenvalue weighted by Gasteiger charge is 2.13. The van der Waals surface area contributed by atoms with Crippen molar-refractivity contribution in [3.05, 3.63) is 112 Å². The minimum absolute atomic E-state index is 0.245. The summed E-state index contributed by atoms with van der Waals surface area (Å²) in [5.74, 6) is 0.406. The third kappa shape index (κ3) is 5.79. The molecule has 0 aliphatic heterocycles. The molecule has 0 radical (unpaired) electrons. The van der Waals surface area contributed by atoms with Gasteiger partial charge in [-0.2, -0.15) is 5.10 Å². The average molecular weight is 464 g/mol. The monoisotopic (exact) mass is 463 g/mol. The number of rotatable bonds is 7. The number of aromatic nitrogens is 2. The van der Waals surface area contributed by atoms with Crippen molar-refractivity contribution in [1.82, 2.24) is 9.78 Å². The molecule has 3 aromatic carbocycles. The van der Waals surface area contributed by atoms with Crippen LogP contribution in [0, 0.1) is 19.7 Å². The molecule has 0 spiro atoms. The number of nitrogens with one attached hydrogen (secondary N) is 1. The second kappa shape index (κ2) is 9.88. The van der Waals surface area contributed by atoms with Gasteiger partial charge in [0.25, 0.3) is 5.91 Å². The van der Waals surface area contributed by atoms with Crippen LogP contribution in [0.1, 0.15) is 32.6 Å². The van der Waals surface area contributed by atoms with Crippen LogP contribution in [0.2, 0.25) is 5.02 Å². The van der Waals surface area contributed by atoms with Gasteiger partial charge in [0.1, 0.15) is 23.2 Å². The minimum Gasteiger partial charge on any atom is -0.489 e. The normalized spacial score (nSPS) is 10.8. The first-order valence-electron chi connectivity index (χ1n) is 10.4. The molecule has 168 valence electrons. The van der Waals surface area contributed by atoms with E-state index in [-0.39, 0.29) is 17.5 Å². The van der Waals surface area contributed by atoms with Crippen LogP contribution in [-0.2, 0) is 13.2 Å². The topological polar surface area (TPSA) is 56.1 Å². The number of carbonyl (C=O) groups is 1. The van der Waals surface area contributed by atoms with E-state index in [0.29, 0.717) is 23.7 Å². The van der Waals surface area contributed by atoms with Crippen molar-refractivity contribution >= 4 is 23.3 Å². The maximum atomic E-state index is 13.4. The summed E-state index contributed by atoms with van der Waals surface area (Å²) in [6.45, 7) is 4.71. The Morgan fingerprint density at radius 1 is 1.06 bits per heavy atom. The van der Waals surface area contributed by atoms with Gasteiger partial charge >= 0.3 is 0 Å². The molecular weight excluding hydrogens is 441 g/mol. The van der Waals surface area contributed by atoms with Crippen molar-refractivity contribution in [2.24, 2.45) is 0 Å².